The highest BCUT2D eigenvalue weighted by atomic mass is 35.5. The second-order valence-corrected chi connectivity index (χ2v) is 7.13. The van der Waals surface area contributed by atoms with E-state index in [4.69, 9.17) is 11.6 Å². The molecular weight excluding hydrogens is 401 g/mol. The fourth-order valence-electron chi connectivity index (χ4n) is 2.90. The van der Waals surface area contributed by atoms with Gasteiger partial charge in [-0.15, -0.1) is 0 Å². The molecule has 1 N–H and O–H groups in total. The zero-order chi connectivity index (χ0) is 21.2. The van der Waals surface area contributed by atoms with Crippen LogP contribution in [-0.4, -0.2) is 10.9 Å². The average molecular weight is 419 g/mol. The molecule has 150 valence electrons. The monoisotopic (exact) mass is 418 g/mol. The Bertz CT molecular complexity index is 970. The second kappa shape index (κ2) is 8.25. The summed E-state index contributed by atoms with van der Waals surface area (Å²) in [5.74, 6) is -1.07. The van der Waals surface area contributed by atoms with Crippen molar-refractivity contribution in [2.45, 2.75) is 25.9 Å². The Morgan fingerprint density at radius 1 is 0.897 bits per heavy atom. The van der Waals surface area contributed by atoms with Gasteiger partial charge in [-0.05, 0) is 37.1 Å². The summed E-state index contributed by atoms with van der Waals surface area (Å²) in [6.45, 7) is 3.89. The second-order valence-electron chi connectivity index (χ2n) is 6.78. The summed E-state index contributed by atoms with van der Waals surface area (Å²) in [6, 6.07) is 16.9. The highest BCUT2D eigenvalue weighted by Gasteiger charge is 2.33. The van der Waals surface area contributed by atoms with Crippen molar-refractivity contribution in [2.24, 2.45) is 0 Å². The molecule has 0 fully saturated rings. The van der Waals surface area contributed by atoms with Crippen LogP contribution in [0.5, 0.6) is 0 Å². The van der Waals surface area contributed by atoms with Crippen molar-refractivity contribution in [2.75, 3.05) is 5.32 Å². The first kappa shape index (κ1) is 20.9. The fourth-order valence-corrected chi connectivity index (χ4v) is 3.10. The smallest absolute Gasteiger partial charge is 0.323 e. The number of pyridine rings is 1. The Labute approximate surface area is 171 Å². The molecule has 2 aromatic carbocycles. The predicted molar refractivity (Wildman–Crippen MR) is 107 cm³/mol. The van der Waals surface area contributed by atoms with Crippen LogP contribution in [0.1, 0.15) is 33.9 Å². The van der Waals surface area contributed by atoms with Crippen molar-refractivity contribution < 1.29 is 18.0 Å². The first-order valence-corrected chi connectivity index (χ1v) is 9.20. The molecule has 0 bridgehead atoms. The molecule has 0 atom stereocenters. The third-order valence-electron chi connectivity index (χ3n) is 4.48. The molecule has 1 amide bonds. The number of hydrogen-bond acceptors (Lipinski definition) is 2. The molecule has 0 unspecified atom stereocenters. The molecule has 3 nitrogen and oxygen atoms in total. The van der Waals surface area contributed by atoms with E-state index >= 15 is 0 Å². The minimum Gasteiger partial charge on any atom is -0.323 e. The lowest BCUT2D eigenvalue weighted by Gasteiger charge is -2.19. The Kier molecular flexibility index (Phi) is 5.94. The zero-order valence-electron chi connectivity index (χ0n) is 15.7. The van der Waals surface area contributed by atoms with Gasteiger partial charge >= 0.3 is 6.18 Å². The minimum atomic E-state index is -4.61. The maximum Gasteiger partial charge on any atom is 0.433 e. The van der Waals surface area contributed by atoms with E-state index in [0.717, 1.165) is 34.4 Å². The number of alkyl halides is 3. The molecule has 0 aliphatic heterocycles. The molecule has 0 spiro atoms. The van der Waals surface area contributed by atoms with E-state index in [0.29, 0.717) is 0 Å². The Morgan fingerprint density at radius 3 is 1.79 bits per heavy atom. The van der Waals surface area contributed by atoms with Crippen molar-refractivity contribution in [3.63, 3.8) is 0 Å². The highest BCUT2D eigenvalue weighted by Crippen LogP contribution is 2.32. The van der Waals surface area contributed by atoms with Crippen LogP contribution < -0.4 is 5.32 Å². The van der Waals surface area contributed by atoms with E-state index in [1.165, 1.54) is 0 Å². The summed E-state index contributed by atoms with van der Waals surface area (Å²) in [5, 5.41) is 2.20. The standard InChI is InChI=1S/C22H18ClF3N2O/c1-13-3-7-15(8-4-13)19(16-9-5-14(2)6-10-16)21(29)27-17-11-12-18(22(24,25)26)28-20(17)23/h3-12,19H,1-2H3,(H,27,29). The van der Waals surface area contributed by atoms with Gasteiger partial charge in [-0.25, -0.2) is 4.98 Å². The van der Waals surface area contributed by atoms with E-state index in [-0.39, 0.29) is 5.69 Å². The highest BCUT2D eigenvalue weighted by molar-refractivity contribution is 6.32. The van der Waals surface area contributed by atoms with Crippen LogP contribution >= 0.6 is 11.6 Å². The van der Waals surface area contributed by atoms with Crippen molar-refractivity contribution >= 4 is 23.2 Å². The van der Waals surface area contributed by atoms with Gasteiger partial charge in [0.05, 0.1) is 11.6 Å². The molecule has 1 heterocycles. The van der Waals surface area contributed by atoms with Crippen LogP contribution in [-0.2, 0) is 11.0 Å². The third kappa shape index (κ3) is 4.95. The van der Waals surface area contributed by atoms with Crippen LogP contribution in [0.2, 0.25) is 5.15 Å². The number of carbonyl (C=O) groups excluding carboxylic acids is 1. The van der Waals surface area contributed by atoms with E-state index in [1.807, 2.05) is 62.4 Å². The van der Waals surface area contributed by atoms with E-state index < -0.39 is 28.8 Å². The lowest BCUT2D eigenvalue weighted by atomic mass is 9.89. The number of aryl methyl sites for hydroxylation is 2. The van der Waals surface area contributed by atoms with Gasteiger partial charge < -0.3 is 5.32 Å². The van der Waals surface area contributed by atoms with Crippen molar-refractivity contribution in [3.05, 3.63) is 93.8 Å². The number of benzene rings is 2. The van der Waals surface area contributed by atoms with Crippen LogP contribution in [0.25, 0.3) is 0 Å². The SMILES string of the molecule is Cc1ccc(C(C(=O)Nc2ccc(C(F)(F)F)nc2Cl)c2ccc(C)cc2)cc1. The molecule has 0 aliphatic rings. The van der Waals surface area contributed by atoms with Gasteiger partial charge in [0.1, 0.15) is 5.69 Å². The number of nitrogens with zero attached hydrogens (tertiary/aromatic N) is 1. The first-order valence-electron chi connectivity index (χ1n) is 8.83. The number of nitrogens with one attached hydrogen (secondary N) is 1. The van der Waals surface area contributed by atoms with E-state index in [9.17, 15) is 18.0 Å². The summed E-state index contributed by atoms with van der Waals surface area (Å²) in [6.07, 6.45) is -4.61. The average Bonchev–Trinajstić information content (AvgIpc) is 2.66. The zero-order valence-corrected chi connectivity index (χ0v) is 16.5. The molecule has 1 aromatic heterocycles. The van der Waals surface area contributed by atoms with Gasteiger partial charge in [-0.2, -0.15) is 13.2 Å². The number of aromatic nitrogens is 1. The van der Waals surface area contributed by atoms with Gasteiger partial charge in [0.15, 0.2) is 5.15 Å². The molecule has 3 rings (SSSR count). The summed E-state index contributed by atoms with van der Waals surface area (Å²) < 4.78 is 38.4. The minimum absolute atomic E-state index is 0.0221. The summed E-state index contributed by atoms with van der Waals surface area (Å²) in [4.78, 5) is 16.4. The Hall–Kier alpha value is -2.86. The van der Waals surface area contributed by atoms with Crippen LogP contribution in [0.3, 0.4) is 0 Å². The molecular formula is C22H18ClF3N2O. The van der Waals surface area contributed by atoms with Gasteiger partial charge in [0.2, 0.25) is 5.91 Å². The number of halogens is 4. The van der Waals surface area contributed by atoms with Crippen molar-refractivity contribution in [1.29, 1.82) is 0 Å². The molecule has 0 saturated heterocycles. The molecule has 7 heteroatoms. The lowest BCUT2D eigenvalue weighted by Crippen LogP contribution is -2.23. The fraction of sp³-hybridized carbons (Fsp3) is 0.182. The molecule has 0 aliphatic carbocycles. The maximum absolute atomic E-state index is 13.1. The number of rotatable bonds is 4. The normalized spacial score (nSPS) is 11.6. The number of amides is 1. The van der Waals surface area contributed by atoms with Crippen LogP contribution in [0.15, 0.2) is 60.7 Å². The Morgan fingerprint density at radius 2 is 1.38 bits per heavy atom. The summed E-state index contributed by atoms with van der Waals surface area (Å²) in [7, 11) is 0. The van der Waals surface area contributed by atoms with Crippen LogP contribution in [0.4, 0.5) is 18.9 Å². The first-order chi connectivity index (χ1) is 13.6. The third-order valence-corrected chi connectivity index (χ3v) is 4.77. The Balaban J connectivity index is 1.95. The quantitative estimate of drug-likeness (QED) is 0.517. The van der Waals surface area contributed by atoms with E-state index in [2.05, 4.69) is 10.3 Å². The molecule has 0 radical (unpaired) electrons. The van der Waals surface area contributed by atoms with Gasteiger partial charge in [-0.3, -0.25) is 4.79 Å². The summed E-state index contributed by atoms with van der Waals surface area (Å²) >= 11 is 5.89. The number of hydrogen-bond donors (Lipinski definition) is 1. The molecule has 3 aromatic rings. The maximum atomic E-state index is 13.1. The molecule has 29 heavy (non-hydrogen) atoms. The van der Waals surface area contributed by atoms with E-state index in [1.54, 1.807) is 0 Å². The molecule has 0 saturated carbocycles. The number of carbonyl (C=O) groups is 1. The van der Waals surface area contributed by atoms with Crippen molar-refractivity contribution in [3.8, 4) is 0 Å². The lowest BCUT2D eigenvalue weighted by molar-refractivity contribution is -0.141. The summed E-state index contributed by atoms with van der Waals surface area (Å²) in [5.41, 5.74) is 2.52. The number of anilines is 1. The largest absolute Gasteiger partial charge is 0.433 e. The topological polar surface area (TPSA) is 42.0 Å². The van der Waals surface area contributed by atoms with Crippen molar-refractivity contribution in [1.82, 2.24) is 4.98 Å². The van der Waals surface area contributed by atoms with Gasteiger partial charge in [0.25, 0.3) is 0 Å². The predicted octanol–water partition coefficient (Wildman–Crippen LogP) is 6.14. The van der Waals surface area contributed by atoms with Gasteiger partial charge in [-0.1, -0.05) is 71.3 Å². The van der Waals surface area contributed by atoms with Gasteiger partial charge in [0, 0.05) is 0 Å². The van der Waals surface area contributed by atoms with Crippen LogP contribution in [0, 0.1) is 13.8 Å².